The molecule has 1 aromatic heterocycles. The van der Waals surface area contributed by atoms with Gasteiger partial charge in [0.05, 0.1) is 12.1 Å². The zero-order valence-electron chi connectivity index (χ0n) is 11.1. The molecule has 1 aromatic carbocycles. The smallest absolute Gasteiger partial charge is 0.307 e. The van der Waals surface area contributed by atoms with Crippen LogP contribution in [0.3, 0.4) is 0 Å². The average Bonchev–Trinajstić information content (AvgIpc) is 2.65. The predicted octanol–water partition coefficient (Wildman–Crippen LogP) is 2.38. The molecule has 0 amide bonds. The van der Waals surface area contributed by atoms with E-state index in [4.69, 9.17) is 10.4 Å². The minimum atomic E-state index is -0.848. The lowest BCUT2D eigenvalue weighted by molar-refractivity contribution is -0.136. The molecule has 0 atom stereocenters. The molecule has 2 aromatic rings. The fraction of sp³-hybridized carbons (Fsp3) is 0.214. The second kappa shape index (κ2) is 5.80. The molecule has 1 N–H and O–H groups in total. The first kappa shape index (κ1) is 14.2. The minimum Gasteiger partial charge on any atom is -0.481 e. The predicted molar refractivity (Wildman–Crippen MR) is 74.6 cm³/mol. The van der Waals surface area contributed by atoms with E-state index in [2.05, 4.69) is 11.2 Å². The lowest BCUT2D eigenvalue weighted by atomic mass is 10.2. The zero-order valence-corrected chi connectivity index (χ0v) is 11.9. The molecule has 0 unspecified atom stereocenters. The van der Waals surface area contributed by atoms with E-state index in [0.717, 1.165) is 15.5 Å². The number of carboxylic acid groups (broad SMARTS) is 1. The van der Waals surface area contributed by atoms with E-state index in [0.29, 0.717) is 11.3 Å². The summed E-state index contributed by atoms with van der Waals surface area (Å²) in [5.41, 5.74) is 2.04. The van der Waals surface area contributed by atoms with Crippen LogP contribution in [0.25, 0.3) is 0 Å². The Hall–Kier alpha value is -2.26. The van der Waals surface area contributed by atoms with Crippen molar-refractivity contribution in [2.45, 2.75) is 23.3 Å². The number of hydrogen-bond donors (Lipinski definition) is 1. The molecule has 0 aliphatic heterocycles. The van der Waals surface area contributed by atoms with Crippen molar-refractivity contribution >= 4 is 17.7 Å². The highest BCUT2D eigenvalue weighted by atomic mass is 32.2. The van der Waals surface area contributed by atoms with Crippen LogP contribution in [0, 0.1) is 18.3 Å². The second-order valence-electron chi connectivity index (χ2n) is 4.32. The van der Waals surface area contributed by atoms with Crippen molar-refractivity contribution < 1.29 is 9.90 Å². The van der Waals surface area contributed by atoms with Gasteiger partial charge in [-0.1, -0.05) is 23.9 Å². The molecule has 0 aliphatic rings. The Morgan fingerprint density at radius 2 is 2.10 bits per heavy atom. The van der Waals surface area contributed by atoms with Crippen molar-refractivity contribution in [1.82, 2.24) is 9.78 Å². The summed E-state index contributed by atoms with van der Waals surface area (Å²) in [6.45, 7) is 1.80. The molecule has 6 heteroatoms. The first-order valence-electron chi connectivity index (χ1n) is 5.93. The number of nitriles is 1. The molecule has 0 saturated heterocycles. The van der Waals surface area contributed by atoms with Crippen LogP contribution >= 0.6 is 11.8 Å². The number of carboxylic acids is 1. The topological polar surface area (TPSA) is 78.9 Å². The van der Waals surface area contributed by atoms with Crippen molar-refractivity contribution in [3.05, 3.63) is 41.1 Å². The Balaban J connectivity index is 2.23. The van der Waals surface area contributed by atoms with Crippen LogP contribution in [0.5, 0.6) is 0 Å². The second-order valence-corrected chi connectivity index (χ2v) is 5.38. The number of aromatic nitrogens is 2. The van der Waals surface area contributed by atoms with Gasteiger partial charge in [0, 0.05) is 11.9 Å². The number of nitrogens with zero attached hydrogens (tertiary/aromatic N) is 3. The summed E-state index contributed by atoms with van der Waals surface area (Å²) in [6.07, 6.45) is 0.0131. The largest absolute Gasteiger partial charge is 0.481 e. The van der Waals surface area contributed by atoms with Crippen LogP contribution in [0.4, 0.5) is 0 Å². The van der Waals surface area contributed by atoms with Gasteiger partial charge in [-0.15, -0.1) is 0 Å². The number of aryl methyl sites for hydroxylation is 2. The molecule has 0 bridgehead atoms. The number of aliphatic carboxylic acids is 1. The molecule has 0 aliphatic carbocycles. The molecule has 1 heterocycles. The number of carbonyl (C=O) groups is 1. The van der Waals surface area contributed by atoms with Crippen molar-refractivity contribution in [2.24, 2.45) is 7.05 Å². The third-order valence-electron chi connectivity index (χ3n) is 2.77. The van der Waals surface area contributed by atoms with E-state index in [9.17, 15) is 4.79 Å². The molecular formula is C14H13N3O2S. The molecule has 0 radical (unpaired) electrons. The quantitative estimate of drug-likeness (QED) is 0.934. The van der Waals surface area contributed by atoms with Gasteiger partial charge in [0.2, 0.25) is 0 Å². The van der Waals surface area contributed by atoms with Gasteiger partial charge in [0.25, 0.3) is 0 Å². The fourth-order valence-corrected chi connectivity index (χ4v) is 2.81. The highest BCUT2D eigenvalue weighted by Gasteiger charge is 2.14. The van der Waals surface area contributed by atoms with Gasteiger partial charge in [-0.2, -0.15) is 10.4 Å². The summed E-state index contributed by atoms with van der Waals surface area (Å²) in [5.74, 6) is -0.848. The van der Waals surface area contributed by atoms with Gasteiger partial charge in [-0.3, -0.25) is 9.48 Å². The van der Waals surface area contributed by atoms with Crippen LogP contribution < -0.4 is 0 Å². The van der Waals surface area contributed by atoms with Crippen LogP contribution in [0.1, 0.15) is 16.8 Å². The van der Waals surface area contributed by atoms with Gasteiger partial charge in [-0.25, -0.2) is 0 Å². The van der Waals surface area contributed by atoms with Crippen LogP contribution in [-0.4, -0.2) is 20.9 Å². The highest BCUT2D eigenvalue weighted by molar-refractivity contribution is 7.99. The molecule has 102 valence electrons. The molecule has 0 fully saturated rings. The third kappa shape index (κ3) is 3.00. The van der Waals surface area contributed by atoms with Gasteiger partial charge in [0.1, 0.15) is 16.7 Å². The van der Waals surface area contributed by atoms with Gasteiger partial charge in [-0.05, 0) is 24.6 Å². The summed E-state index contributed by atoms with van der Waals surface area (Å²) in [5, 5.41) is 22.9. The van der Waals surface area contributed by atoms with E-state index in [1.807, 2.05) is 12.1 Å². The van der Waals surface area contributed by atoms with Gasteiger partial charge < -0.3 is 5.11 Å². The van der Waals surface area contributed by atoms with Crippen molar-refractivity contribution in [1.29, 1.82) is 5.26 Å². The number of rotatable bonds is 4. The Labute approximate surface area is 120 Å². The third-order valence-corrected chi connectivity index (χ3v) is 3.94. The summed E-state index contributed by atoms with van der Waals surface area (Å²) < 4.78 is 1.68. The SMILES string of the molecule is Cc1nn(C)c(Sc2ccc(CC(=O)O)cc2)c1C#N. The number of hydrogen-bond acceptors (Lipinski definition) is 4. The van der Waals surface area contributed by atoms with E-state index in [-0.39, 0.29) is 6.42 Å². The molecule has 0 saturated carbocycles. The van der Waals surface area contributed by atoms with Crippen molar-refractivity contribution in [3.8, 4) is 6.07 Å². The first-order valence-corrected chi connectivity index (χ1v) is 6.75. The Bertz CT molecular complexity index is 684. The van der Waals surface area contributed by atoms with E-state index in [1.165, 1.54) is 11.8 Å². The normalized spacial score (nSPS) is 10.2. The van der Waals surface area contributed by atoms with E-state index >= 15 is 0 Å². The monoisotopic (exact) mass is 287 g/mol. The maximum absolute atomic E-state index is 10.6. The molecule has 20 heavy (non-hydrogen) atoms. The van der Waals surface area contributed by atoms with Crippen LogP contribution in [-0.2, 0) is 18.3 Å². The standard InChI is InChI=1S/C14H13N3O2S/c1-9-12(8-15)14(17(2)16-9)20-11-5-3-10(4-6-11)7-13(18)19/h3-6H,7H2,1-2H3,(H,18,19). The molecule has 5 nitrogen and oxygen atoms in total. The van der Waals surface area contributed by atoms with Crippen molar-refractivity contribution in [3.63, 3.8) is 0 Å². The average molecular weight is 287 g/mol. The van der Waals surface area contributed by atoms with Gasteiger partial charge in [0.15, 0.2) is 0 Å². The van der Waals surface area contributed by atoms with E-state index < -0.39 is 5.97 Å². The van der Waals surface area contributed by atoms with Crippen molar-refractivity contribution in [2.75, 3.05) is 0 Å². The lowest BCUT2D eigenvalue weighted by Gasteiger charge is -2.04. The van der Waals surface area contributed by atoms with Crippen LogP contribution in [0.15, 0.2) is 34.2 Å². The zero-order chi connectivity index (χ0) is 14.7. The highest BCUT2D eigenvalue weighted by Crippen LogP contribution is 2.31. The fourth-order valence-electron chi connectivity index (χ4n) is 1.84. The maximum Gasteiger partial charge on any atom is 0.307 e. The Morgan fingerprint density at radius 1 is 1.45 bits per heavy atom. The minimum absolute atomic E-state index is 0.0131. The lowest BCUT2D eigenvalue weighted by Crippen LogP contribution is -1.99. The first-order chi connectivity index (χ1) is 9.51. The van der Waals surface area contributed by atoms with Gasteiger partial charge >= 0.3 is 5.97 Å². The summed E-state index contributed by atoms with van der Waals surface area (Å²) in [7, 11) is 1.80. The molecule has 2 rings (SSSR count). The maximum atomic E-state index is 10.6. The number of benzene rings is 1. The molecule has 0 spiro atoms. The summed E-state index contributed by atoms with van der Waals surface area (Å²) in [4.78, 5) is 11.6. The summed E-state index contributed by atoms with van der Waals surface area (Å²) >= 11 is 1.44. The Kier molecular flexibility index (Phi) is 4.11. The molecular weight excluding hydrogens is 274 g/mol. The van der Waals surface area contributed by atoms with Crippen LogP contribution in [0.2, 0.25) is 0 Å². The summed E-state index contributed by atoms with van der Waals surface area (Å²) in [6, 6.07) is 9.43. The Morgan fingerprint density at radius 3 is 2.65 bits per heavy atom. The van der Waals surface area contributed by atoms with E-state index in [1.54, 1.807) is 30.8 Å².